The van der Waals surface area contributed by atoms with E-state index in [-0.39, 0.29) is 11.8 Å². The van der Waals surface area contributed by atoms with Crippen LogP contribution in [0.5, 0.6) is 0 Å². The molecule has 0 saturated carbocycles. The summed E-state index contributed by atoms with van der Waals surface area (Å²) < 4.78 is 5.80. The molecule has 1 aromatic heterocycles. The number of carbonyl (C=O) groups excluding carboxylic acids is 2. The third kappa shape index (κ3) is 6.53. The molecule has 0 atom stereocenters. The zero-order chi connectivity index (χ0) is 28.2. The van der Waals surface area contributed by atoms with Crippen LogP contribution in [0.25, 0.3) is 17.4 Å². The van der Waals surface area contributed by atoms with Gasteiger partial charge in [-0.25, -0.2) is 0 Å². The lowest BCUT2D eigenvalue weighted by molar-refractivity contribution is -0.111. The van der Waals surface area contributed by atoms with E-state index in [1.807, 2.05) is 48.2 Å². The Kier molecular flexibility index (Phi) is 8.50. The van der Waals surface area contributed by atoms with Gasteiger partial charge in [0.05, 0.1) is 10.7 Å². The quantitative estimate of drug-likeness (QED) is 0.231. The zero-order valence-corrected chi connectivity index (χ0v) is 23.9. The van der Waals surface area contributed by atoms with Crippen molar-refractivity contribution in [3.8, 4) is 11.3 Å². The molecule has 3 aromatic carbocycles. The molecule has 1 aliphatic rings. The normalized spacial score (nSPS) is 13.6. The second-order valence-electron chi connectivity index (χ2n) is 9.44. The Bertz CT molecular complexity index is 1570. The SMILES string of the molecule is Cc1ccccc1C(=O)N1CCN(c2ccc(NC(=O)/C=C/c3ccc(-c4cc(Cl)cc(Cl)c4)o3)cc2Cl)CC1. The van der Waals surface area contributed by atoms with Crippen molar-refractivity contribution in [3.63, 3.8) is 0 Å². The highest BCUT2D eigenvalue weighted by Crippen LogP contribution is 2.31. The van der Waals surface area contributed by atoms with Crippen LogP contribution in [0, 0.1) is 6.92 Å². The summed E-state index contributed by atoms with van der Waals surface area (Å²) in [5, 5.41) is 4.37. The zero-order valence-electron chi connectivity index (χ0n) is 21.7. The summed E-state index contributed by atoms with van der Waals surface area (Å²) in [4.78, 5) is 29.5. The van der Waals surface area contributed by atoms with Gasteiger partial charge in [-0.15, -0.1) is 0 Å². The standard InChI is InChI=1S/C31H26Cl3N3O3/c1-20-4-2-3-5-26(20)31(39)37-14-12-36(13-15-37)28-9-6-24(19-27(28)34)35-30(38)11-8-25-7-10-29(40-25)21-16-22(32)18-23(33)17-21/h2-11,16-19H,12-15H2,1H3,(H,35,38)/b11-8+. The van der Waals surface area contributed by atoms with Gasteiger partial charge in [0, 0.05) is 59.1 Å². The molecule has 2 amide bonds. The summed E-state index contributed by atoms with van der Waals surface area (Å²) in [5.41, 5.74) is 3.90. The fourth-order valence-electron chi connectivity index (χ4n) is 4.61. The summed E-state index contributed by atoms with van der Waals surface area (Å²) in [5.74, 6) is 0.826. The van der Waals surface area contributed by atoms with E-state index in [2.05, 4.69) is 10.2 Å². The van der Waals surface area contributed by atoms with Gasteiger partial charge in [0.25, 0.3) is 5.91 Å². The molecule has 5 rings (SSSR count). The minimum Gasteiger partial charge on any atom is -0.457 e. The smallest absolute Gasteiger partial charge is 0.254 e. The Morgan fingerprint density at radius 2 is 1.60 bits per heavy atom. The average molecular weight is 595 g/mol. The van der Waals surface area contributed by atoms with Gasteiger partial charge in [-0.3, -0.25) is 9.59 Å². The molecular formula is C31H26Cl3N3O3. The van der Waals surface area contributed by atoms with Crippen LogP contribution in [0.2, 0.25) is 15.1 Å². The monoisotopic (exact) mass is 593 g/mol. The number of carbonyl (C=O) groups is 2. The summed E-state index contributed by atoms with van der Waals surface area (Å²) in [6.07, 6.45) is 2.97. The van der Waals surface area contributed by atoms with E-state index in [1.54, 1.807) is 42.5 Å². The molecule has 204 valence electrons. The van der Waals surface area contributed by atoms with Crippen molar-refractivity contribution in [1.29, 1.82) is 0 Å². The summed E-state index contributed by atoms with van der Waals surface area (Å²) in [6, 6.07) is 21.8. The number of hydrogen-bond donors (Lipinski definition) is 1. The van der Waals surface area contributed by atoms with Crippen LogP contribution in [0.1, 0.15) is 21.7 Å². The molecule has 1 fully saturated rings. The van der Waals surface area contributed by atoms with Gasteiger partial charge in [0.15, 0.2) is 0 Å². The lowest BCUT2D eigenvalue weighted by Crippen LogP contribution is -2.49. The Labute approximate surface area is 247 Å². The van der Waals surface area contributed by atoms with Crippen LogP contribution in [0.15, 0.2) is 83.3 Å². The number of piperazine rings is 1. The first kappa shape index (κ1) is 27.8. The van der Waals surface area contributed by atoms with E-state index in [4.69, 9.17) is 39.2 Å². The summed E-state index contributed by atoms with van der Waals surface area (Å²) in [6.45, 7) is 4.49. The molecule has 1 aliphatic heterocycles. The van der Waals surface area contributed by atoms with Crippen molar-refractivity contribution in [2.75, 3.05) is 36.4 Å². The Morgan fingerprint density at radius 3 is 2.30 bits per heavy atom. The fraction of sp³-hybridized carbons (Fsp3) is 0.161. The van der Waals surface area contributed by atoms with Gasteiger partial charge in [0.2, 0.25) is 5.91 Å². The lowest BCUT2D eigenvalue weighted by Gasteiger charge is -2.36. The lowest BCUT2D eigenvalue weighted by atomic mass is 10.1. The highest BCUT2D eigenvalue weighted by atomic mass is 35.5. The number of nitrogens with one attached hydrogen (secondary N) is 1. The van der Waals surface area contributed by atoms with E-state index >= 15 is 0 Å². The van der Waals surface area contributed by atoms with Crippen molar-refractivity contribution < 1.29 is 14.0 Å². The second kappa shape index (κ2) is 12.2. The average Bonchev–Trinajstić information content (AvgIpc) is 3.41. The first-order valence-electron chi connectivity index (χ1n) is 12.7. The number of hydrogen-bond acceptors (Lipinski definition) is 4. The third-order valence-corrected chi connectivity index (χ3v) is 7.41. The minimum atomic E-state index is -0.323. The molecule has 0 radical (unpaired) electrons. The van der Waals surface area contributed by atoms with Gasteiger partial charge < -0.3 is 19.5 Å². The highest BCUT2D eigenvalue weighted by Gasteiger charge is 2.24. The van der Waals surface area contributed by atoms with Crippen LogP contribution >= 0.6 is 34.8 Å². The van der Waals surface area contributed by atoms with E-state index in [9.17, 15) is 9.59 Å². The topological polar surface area (TPSA) is 65.8 Å². The first-order chi connectivity index (χ1) is 19.3. The van der Waals surface area contributed by atoms with E-state index in [0.717, 1.165) is 22.4 Å². The maximum atomic E-state index is 12.9. The largest absolute Gasteiger partial charge is 0.457 e. The van der Waals surface area contributed by atoms with Crippen molar-refractivity contribution in [2.45, 2.75) is 6.92 Å². The Balaban J connectivity index is 1.17. The highest BCUT2D eigenvalue weighted by molar-refractivity contribution is 6.35. The minimum absolute atomic E-state index is 0.0506. The van der Waals surface area contributed by atoms with Crippen LogP contribution in [-0.4, -0.2) is 42.9 Å². The maximum absolute atomic E-state index is 12.9. The van der Waals surface area contributed by atoms with Crippen molar-refractivity contribution >= 4 is 64.1 Å². The van der Waals surface area contributed by atoms with Crippen LogP contribution < -0.4 is 10.2 Å². The summed E-state index contributed by atoms with van der Waals surface area (Å²) >= 11 is 18.7. The third-order valence-electron chi connectivity index (χ3n) is 6.67. The first-order valence-corrected chi connectivity index (χ1v) is 13.8. The van der Waals surface area contributed by atoms with Gasteiger partial charge in [-0.1, -0.05) is 53.0 Å². The molecule has 0 bridgehead atoms. The number of anilines is 2. The van der Waals surface area contributed by atoms with Crippen LogP contribution in [-0.2, 0) is 4.79 Å². The van der Waals surface area contributed by atoms with Gasteiger partial charge in [0.1, 0.15) is 11.5 Å². The number of halogens is 3. The molecule has 2 heterocycles. The molecule has 1 saturated heterocycles. The van der Waals surface area contributed by atoms with Crippen LogP contribution in [0.3, 0.4) is 0 Å². The molecule has 0 spiro atoms. The number of benzene rings is 3. The molecular weight excluding hydrogens is 569 g/mol. The molecule has 6 nitrogen and oxygen atoms in total. The van der Waals surface area contributed by atoms with Crippen molar-refractivity contribution in [1.82, 2.24) is 4.90 Å². The molecule has 4 aromatic rings. The van der Waals surface area contributed by atoms with Crippen molar-refractivity contribution in [3.05, 3.63) is 111 Å². The second-order valence-corrected chi connectivity index (χ2v) is 10.7. The number of nitrogens with zero attached hydrogens (tertiary/aromatic N) is 2. The van der Waals surface area contributed by atoms with E-state index < -0.39 is 0 Å². The number of amides is 2. The van der Waals surface area contributed by atoms with Gasteiger partial charge in [-0.05, 0) is 73.2 Å². The number of furan rings is 1. The fourth-order valence-corrected chi connectivity index (χ4v) is 5.44. The molecule has 9 heteroatoms. The van der Waals surface area contributed by atoms with Crippen molar-refractivity contribution in [2.24, 2.45) is 0 Å². The predicted octanol–water partition coefficient (Wildman–Crippen LogP) is 7.83. The Hall–Kier alpha value is -3.71. The van der Waals surface area contributed by atoms with E-state index in [1.165, 1.54) is 6.08 Å². The predicted molar refractivity (Wildman–Crippen MR) is 163 cm³/mol. The van der Waals surface area contributed by atoms with Crippen LogP contribution in [0.4, 0.5) is 11.4 Å². The molecule has 40 heavy (non-hydrogen) atoms. The van der Waals surface area contributed by atoms with Gasteiger partial charge in [-0.2, -0.15) is 0 Å². The maximum Gasteiger partial charge on any atom is 0.254 e. The number of aryl methyl sites for hydroxylation is 1. The van der Waals surface area contributed by atoms with E-state index in [0.29, 0.717) is 58.5 Å². The summed E-state index contributed by atoms with van der Waals surface area (Å²) in [7, 11) is 0. The Morgan fingerprint density at radius 1 is 0.875 bits per heavy atom. The number of rotatable bonds is 6. The van der Waals surface area contributed by atoms with Gasteiger partial charge >= 0.3 is 0 Å². The molecule has 1 N–H and O–H groups in total. The molecule has 0 aliphatic carbocycles. The molecule has 0 unspecified atom stereocenters.